The number of carbonyl (C=O) groups is 2. The van der Waals surface area contributed by atoms with Crippen LogP contribution in [0.15, 0.2) is 24.5 Å². The van der Waals surface area contributed by atoms with Crippen molar-refractivity contribution in [3.63, 3.8) is 0 Å². The van der Waals surface area contributed by atoms with Gasteiger partial charge in [0.05, 0.1) is 5.92 Å². The molecule has 0 bridgehead atoms. The van der Waals surface area contributed by atoms with Gasteiger partial charge in [0.25, 0.3) is 0 Å². The molecule has 0 aliphatic carbocycles. The number of pyridine rings is 1. The van der Waals surface area contributed by atoms with Crippen LogP contribution in [0, 0.1) is 5.92 Å². The van der Waals surface area contributed by atoms with Crippen LogP contribution in [0.5, 0.6) is 0 Å². The summed E-state index contributed by atoms with van der Waals surface area (Å²) in [5.41, 5.74) is -0.478. The van der Waals surface area contributed by atoms with Crippen molar-refractivity contribution in [2.75, 3.05) is 13.1 Å². The molecule has 1 N–H and O–H groups in total. The van der Waals surface area contributed by atoms with Crippen molar-refractivity contribution in [3.8, 4) is 0 Å². The van der Waals surface area contributed by atoms with E-state index in [0.717, 1.165) is 5.56 Å². The fourth-order valence-electron chi connectivity index (χ4n) is 2.80. The monoisotopic (exact) mass is 306 g/mol. The molecule has 1 saturated heterocycles. The maximum Gasteiger partial charge on any atom is 0.410 e. The van der Waals surface area contributed by atoms with E-state index < -0.39 is 29.0 Å². The van der Waals surface area contributed by atoms with Gasteiger partial charge in [-0.05, 0) is 32.4 Å². The Morgan fingerprint density at radius 1 is 1.45 bits per heavy atom. The number of aromatic nitrogens is 1. The van der Waals surface area contributed by atoms with Gasteiger partial charge in [0, 0.05) is 30.9 Å². The predicted octanol–water partition coefficient (Wildman–Crippen LogP) is 2.29. The molecule has 1 aromatic heterocycles. The molecule has 2 heterocycles. The van der Waals surface area contributed by atoms with Crippen LogP contribution in [-0.4, -0.2) is 45.7 Å². The van der Waals surface area contributed by atoms with E-state index in [9.17, 15) is 14.7 Å². The van der Waals surface area contributed by atoms with Crippen molar-refractivity contribution in [2.45, 2.75) is 38.7 Å². The fraction of sp³-hybridized carbons (Fsp3) is 0.562. The average Bonchev–Trinajstić information content (AvgIpc) is 2.78. The van der Waals surface area contributed by atoms with Gasteiger partial charge in [-0.15, -0.1) is 0 Å². The third kappa shape index (κ3) is 3.21. The van der Waals surface area contributed by atoms with Gasteiger partial charge in [0.2, 0.25) is 0 Å². The second-order valence-electron chi connectivity index (χ2n) is 6.91. The number of carboxylic acids is 1. The summed E-state index contributed by atoms with van der Waals surface area (Å²) >= 11 is 0. The van der Waals surface area contributed by atoms with Gasteiger partial charge in [-0.2, -0.15) is 0 Å². The van der Waals surface area contributed by atoms with Crippen LogP contribution in [0.1, 0.15) is 33.3 Å². The molecule has 2 atom stereocenters. The number of carbonyl (C=O) groups excluding carboxylic acids is 1. The zero-order valence-electron chi connectivity index (χ0n) is 13.4. The van der Waals surface area contributed by atoms with Gasteiger partial charge < -0.3 is 14.7 Å². The summed E-state index contributed by atoms with van der Waals surface area (Å²) in [5, 5.41) is 9.54. The number of likely N-dealkylation sites (tertiary alicyclic amines) is 1. The molecule has 1 aromatic rings. The molecule has 120 valence electrons. The smallest absolute Gasteiger partial charge is 0.410 e. The number of hydrogen-bond acceptors (Lipinski definition) is 4. The van der Waals surface area contributed by atoms with Gasteiger partial charge in [-0.1, -0.05) is 13.0 Å². The van der Waals surface area contributed by atoms with E-state index in [1.54, 1.807) is 39.2 Å². The largest absolute Gasteiger partial charge is 0.481 e. The van der Waals surface area contributed by atoms with Gasteiger partial charge in [-0.3, -0.25) is 9.78 Å². The highest BCUT2D eigenvalue weighted by molar-refractivity contribution is 5.77. The van der Waals surface area contributed by atoms with E-state index in [1.807, 2.05) is 13.0 Å². The van der Waals surface area contributed by atoms with Crippen molar-refractivity contribution in [1.82, 2.24) is 9.88 Å². The highest BCUT2D eigenvalue weighted by Crippen LogP contribution is 2.39. The quantitative estimate of drug-likeness (QED) is 0.907. The van der Waals surface area contributed by atoms with Crippen molar-refractivity contribution >= 4 is 12.1 Å². The molecule has 1 aliphatic rings. The van der Waals surface area contributed by atoms with Gasteiger partial charge in [0.15, 0.2) is 0 Å². The molecule has 0 radical (unpaired) electrons. The topological polar surface area (TPSA) is 79.7 Å². The zero-order chi connectivity index (χ0) is 16.5. The average molecular weight is 306 g/mol. The summed E-state index contributed by atoms with van der Waals surface area (Å²) in [5.74, 6) is -1.61. The van der Waals surface area contributed by atoms with Crippen LogP contribution in [0.3, 0.4) is 0 Å². The van der Waals surface area contributed by atoms with Gasteiger partial charge >= 0.3 is 12.1 Å². The number of carboxylic acid groups (broad SMARTS) is 1. The number of aliphatic carboxylic acids is 1. The molecule has 1 amide bonds. The second kappa shape index (κ2) is 5.59. The molecular formula is C16H22N2O4. The first kappa shape index (κ1) is 16.3. The minimum absolute atomic E-state index is 0.135. The van der Waals surface area contributed by atoms with Gasteiger partial charge in [0.1, 0.15) is 5.60 Å². The Morgan fingerprint density at radius 2 is 2.14 bits per heavy atom. The Hall–Kier alpha value is -2.11. The third-order valence-electron chi connectivity index (χ3n) is 3.96. The highest BCUT2D eigenvalue weighted by atomic mass is 16.6. The summed E-state index contributed by atoms with van der Waals surface area (Å²) in [7, 11) is 0. The molecule has 22 heavy (non-hydrogen) atoms. The van der Waals surface area contributed by atoms with E-state index >= 15 is 0 Å². The highest BCUT2D eigenvalue weighted by Gasteiger charge is 2.50. The molecule has 0 saturated carbocycles. The molecule has 0 unspecified atom stereocenters. The zero-order valence-corrected chi connectivity index (χ0v) is 13.4. The van der Waals surface area contributed by atoms with Gasteiger partial charge in [-0.25, -0.2) is 4.79 Å². The Balaban J connectivity index is 2.28. The fourth-order valence-corrected chi connectivity index (χ4v) is 2.80. The first-order valence-corrected chi connectivity index (χ1v) is 7.25. The minimum atomic E-state index is -0.919. The molecule has 0 aromatic carbocycles. The third-order valence-corrected chi connectivity index (χ3v) is 3.96. The van der Waals surface area contributed by atoms with E-state index in [-0.39, 0.29) is 6.54 Å². The lowest BCUT2D eigenvalue weighted by molar-refractivity contribution is -0.142. The van der Waals surface area contributed by atoms with Crippen LogP contribution < -0.4 is 0 Å². The lowest BCUT2D eigenvalue weighted by Gasteiger charge is -2.28. The molecule has 0 spiro atoms. The van der Waals surface area contributed by atoms with Crippen molar-refractivity contribution in [1.29, 1.82) is 0 Å². The van der Waals surface area contributed by atoms with Crippen molar-refractivity contribution in [3.05, 3.63) is 30.1 Å². The SMILES string of the molecule is CC(C)(C)OC(=O)N1C[C@H](C(=O)O)[C@@](C)(c2cccnc2)C1. The number of hydrogen-bond donors (Lipinski definition) is 1. The summed E-state index contributed by atoms with van der Waals surface area (Å²) in [6.07, 6.45) is 2.82. The Morgan fingerprint density at radius 3 is 2.64 bits per heavy atom. The van der Waals surface area contributed by atoms with Crippen LogP contribution in [0.2, 0.25) is 0 Å². The molecule has 2 rings (SSSR count). The van der Waals surface area contributed by atoms with Crippen molar-refractivity contribution < 1.29 is 19.4 Å². The summed E-state index contributed by atoms with van der Waals surface area (Å²) in [4.78, 5) is 29.4. The Bertz CT molecular complexity index is 567. The summed E-state index contributed by atoms with van der Waals surface area (Å²) in [6.45, 7) is 7.65. The normalized spacial score (nSPS) is 25.1. The number of nitrogens with zero attached hydrogens (tertiary/aromatic N) is 2. The molecular weight excluding hydrogens is 284 g/mol. The Labute approximate surface area is 130 Å². The van der Waals surface area contributed by atoms with E-state index in [4.69, 9.17) is 4.74 Å². The van der Waals surface area contributed by atoms with E-state index in [0.29, 0.717) is 6.54 Å². The van der Waals surface area contributed by atoms with Crippen LogP contribution in [0.25, 0.3) is 0 Å². The summed E-state index contributed by atoms with van der Waals surface area (Å²) in [6, 6.07) is 3.62. The number of ether oxygens (including phenoxy) is 1. The lowest BCUT2D eigenvalue weighted by Crippen LogP contribution is -2.38. The maximum atomic E-state index is 12.2. The molecule has 1 aliphatic heterocycles. The predicted molar refractivity (Wildman–Crippen MR) is 80.5 cm³/mol. The molecule has 1 fully saturated rings. The van der Waals surface area contributed by atoms with Crippen molar-refractivity contribution in [2.24, 2.45) is 5.92 Å². The van der Waals surface area contributed by atoms with Crippen LogP contribution >= 0.6 is 0 Å². The standard InChI is InChI=1S/C16H22N2O4/c1-15(2,3)22-14(21)18-9-12(13(19)20)16(4,10-18)11-6-5-7-17-8-11/h5-8,12H,9-10H2,1-4H3,(H,19,20)/t12-,16-/m1/s1. The molecule has 6 nitrogen and oxygen atoms in total. The first-order chi connectivity index (χ1) is 10.1. The Kier molecular flexibility index (Phi) is 4.13. The second-order valence-corrected chi connectivity index (χ2v) is 6.91. The van der Waals surface area contributed by atoms with Crippen LogP contribution in [-0.2, 0) is 14.9 Å². The molecule has 6 heteroatoms. The van der Waals surface area contributed by atoms with E-state index in [2.05, 4.69) is 4.98 Å². The minimum Gasteiger partial charge on any atom is -0.481 e. The van der Waals surface area contributed by atoms with E-state index in [1.165, 1.54) is 4.90 Å². The lowest BCUT2D eigenvalue weighted by atomic mass is 9.75. The van der Waals surface area contributed by atoms with Crippen LogP contribution in [0.4, 0.5) is 4.79 Å². The number of amides is 1. The number of rotatable bonds is 2. The first-order valence-electron chi connectivity index (χ1n) is 7.25. The summed E-state index contributed by atoms with van der Waals surface area (Å²) < 4.78 is 5.36. The maximum absolute atomic E-state index is 12.2.